The molecule has 4 nitrogen and oxygen atoms in total. The van der Waals surface area contributed by atoms with Crippen molar-refractivity contribution >= 4 is 5.96 Å². The molecule has 2 atom stereocenters. The minimum absolute atomic E-state index is 0.155. The second kappa shape index (κ2) is 6.88. The third kappa shape index (κ3) is 3.36. The lowest BCUT2D eigenvalue weighted by molar-refractivity contribution is -0.137. The molecule has 2 aromatic rings. The van der Waals surface area contributed by atoms with Gasteiger partial charge in [-0.2, -0.15) is 18.4 Å². The number of likely N-dealkylation sites (N-methyl/N-ethyl adjacent to an activating group) is 1. The van der Waals surface area contributed by atoms with E-state index in [0.717, 1.165) is 36.1 Å². The zero-order valence-electron chi connectivity index (χ0n) is 17.3. The molecule has 2 aliphatic rings. The molecular weight excluding hydrogens is 401 g/mol. The first-order valence-electron chi connectivity index (χ1n) is 10.0. The Balaban J connectivity index is 1.82. The molecule has 1 heterocycles. The number of nitrogens with one attached hydrogen (secondary N) is 2. The number of benzene rings is 2. The Bertz CT molecular complexity index is 1090. The molecule has 1 aliphatic heterocycles. The van der Waals surface area contributed by atoms with Crippen LogP contribution in [0.5, 0.6) is 0 Å². The molecule has 0 unspecified atom stereocenters. The quantitative estimate of drug-likeness (QED) is 0.708. The summed E-state index contributed by atoms with van der Waals surface area (Å²) in [5.41, 5.74) is 1.05. The van der Waals surface area contributed by atoms with Crippen LogP contribution in [-0.2, 0) is 17.1 Å². The normalized spacial score (nSPS) is 25.0. The summed E-state index contributed by atoms with van der Waals surface area (Å²) in [6, 6.07) is 15.2. The molecule has 0 amide bonds. The maximum Gasteiger partial charge on any atom is 0.416 e. The summed E-state index contributed by atoms with van der Waals surface area (Å²) in [6.07, 6.45) is -2.79. The first-order chi connectivity index (χ1) is 14.5. The van der Waals surface area contributed by atoms with Gasteiger partial charge in [-0.1, -0.05) is 43.0 Å². The van der Waals surface area contributed by atoms with Crippen molar-refractivity contribution in [3.05, 3.63) is 83.1 Å². The average Bonchev–Trinajstić information content (AvgIpc) is 3.53. The standard InChI is InChI=1S/C24H23F3N4/c1-15-20(16-7-9-17(10-8-16)24(25,26)27)22(2,30-21(29)31(15)3)18-5-4-6-19(13-18)23(14-28)11-12-23/h4-10,13,20H,1,11-12H2,2-3H3,(H2,29,30)/t20-,22+/m0/s1. The van der Waals surface area contributed by atoms with Gasteiger partial charge in [-0.3, -0.25) is 5.41 Å². The summed E-state index contributed by atoms with van der Waals surface area (Å²) in [6.45, 7) is 6.09. The molecular formula is C24H23F3N4. The number of halogens is 3. The van der Waals surface area contributed by atoms with Gasteiger partial charge in [0.1, 0.15) is 0 Å². The number of rotatable bonds is 3. The zero-order valence-corrected chi connectivity index (χ0v) is 17.3. The fourth-order valence-corrected chi connectivity index (χ4v) is 4.43. The van der Waals surface area contributed by atoms with Crippen LogP contribution >= 0.6 is 0 Å². The first kappa shape index (κ1) is 21.0. The lowest BCUT2D eigenvalue weighted by Crippen LogP contribution is -2.58. The summed E-state index contributed by atoms with van der Waals surface area (Å²) < 4.78 is 39.2. The number of alkyl halides is 3. The van der Waals surface area contributed by atoms with Crippen molar-refractivity contribution < 1.29 is 13.2 Å². The fraction of sp³-hybridized carbons (Fsp3) is 0.333. The van der Waals surface area contributed by atoms with Crippen LogP contribution in [0.4, 0.5) is 13.2 Å². The molecule has 1 saturated heterocycles. The molecule has 4 rings (SSSR count). The molecule has 1 aliphatic carbocycles. The lowest BCUT2D eigenvalue weighted by atomic mass is 9.72. The SMILES string of the molecule is C=C1[C@@H](c2ccc(C(F)(F)F)cc2)[C@@](C)(c2cccc(C3(C#N)CC3)c2)NC(=N)N1C. The molecule has 0 radical (unpaired) electrons. The maximum absolute atomic E-state index is 13.1. The Morgan fingerprint density at radius 2 is 1.77 bits per heavy atom. The molecule has 160 valence electrons. The summed E-state index contributed by atoms with van der Waals surface area (Å²) in [4.78, 5) is 1.60. The third-order valence-corrected chi connectivity index (χ3v) is 6.61. The van der Waals surface area contributed by atoms with E-state index in [1.165, 1.54) is 12.1 Å². The smallest absolute Gasteiger partial charge is 0.346 e. The average molecular weight is 424 g/mol. The highest BCUT2D eigenvalue weighted by Gasteiger charge is 2.48. The summed E-state index contributed by atoms with van der Waals surface area (Å²) in [7, 11) is 1.71. The molecule has 31 heavy (non-hydrogen) atoms. The van der Waals surface area contributed by atoms with Crippen molar-refractivity contribution in [3.63, 3.8) is 0 Å². The van der Waals surface area contributed by atoms with Crippen LogP contribution in [0, 0.1) is 16.7 Å². The topological polar surface area (TPSA) is 62.9 Å². The fourth-order valence-electron chi connectivity index (χ4n) is 4.43. The number of nitriles is 1. The molecule has 1 saturated carbocycles. The molecule has 2 fully saturated rings. The van der Waals surface area contributed by atoms with Gasteiger partial charge in [0.25, 0.3) is 0 Å². The Hall–Kier alpha value is -3.27. The Morgan fingerprint density at radius 3 is 2.32 bits per heavy atom. The van der Waals surface area contributed by atoms with Crippen LogP contribution in [0.3, 0.4) is 0 Å². The van der Waals surface area contributed by atoms with Crippen LogP contribution in [0.15, 0.2) is 60.8 Å². The van der Waals surface area contributed by atoms with E-state index in [1.807, 2.05) is 31.2 Å². The Morgan fingerprint density at radius 1 is 1.16 bits per heavy atom. The van der Waals surface area contributed by atoms with Crippen molar-refractivity contribution in [3.8, 4) is 6.07 Å². The van der Waals surface area contributed by atoms with Crippen molar-refractivity contribution in [2.75, 3.05) is 7.05 Å². The molecule has 2 aromatic carbocycles. The van der Waals surface area contributed by atoms with E-state index < -0.39 is 28.6 Å². The predicted octanol–water partition coefficient (Wildman–Crippen LogP) is 5.24. The Kier molecular flexibility index (Phi) is 4.65. The minimum atomic E-state index is -4.41. The second-order valence-corrected chi connectivity index (χ2v) is 8.55. The van der Waals surface area contributed by atoms with Crippen molar-refractivity contribution in [2.24, 2.45) is 0 Å². The van der Waals surface area contributed by atoms with E-state index in [-0.39, 0.29) is 5.96 Å². The zero-order chi connectivity index (χ0) is 22.6. The monoisotopic (exact) mass is 424 g/mol. The van der Waals surface area contributed by atoms with Gasteiger partial charge in [0.2, 0.25) is 0 Å². The van der Waals surface area contributed by atoms with E-state index in [9.17, 15) is 18.4 Å². The van der Waals surface area contributed by atoms with E-state index >= 15 is 0 Å². The summed E-state index contributed by atoms with van der Waals surface area (Å²) in [5, 5.41) is 21.2. The number of nitrogens with zero attached hydrogens (tertiary/aromatic N) is 2. The number of hydrogen-bond donors (Lipinski definition) is 2. The largest absolute Gasteiger partial charge is 0.416 e. The molecule has 0 bridgehead atoms. The van der Waals surface area contributed by atoms with Crippen LogP contribution < -0.4 is 5.32 Å². The van der Waals surface area contributed by atoms with Gasteiger partial charge in [-0.05, 0) is 48.6 Å². The van der Waals surface area contributed by atoms with Crippen molar-refractivity contribution in [2.45, 2.75) is 42.8 Å². The molecule has 0 spiro atoms. The van der Waals surface area contributed by atoms with Crippen LogP contribution in [0.1, 0.15) is 47.9 Å². The Labute approximate surface area is 179 Å². The van der Waals surface area contributed by atoms with Crippen LogP contribution in [0.2, 0.25) is 0 Å². The number of guanidine groups is 1. The highest BCUT2D eigenvalue weighted by molar-refractivity contribution is 5.82. The van der Waals surface area contributed by atoms with Crippen LogP contribution in [-0.4, -0.2) is 17.9 Å². The highest BCUT2D eigenvalue weighted by Crippen LogP contribution is 2.50. The van der Waals surface area contributed by atoms with Gasteiger partial charge >= 0.3 is 6.18 Å². The lowest BCUT2D eigenvalue weighted by Gasteiger charge is -2.49. The van der Waals surface area contributed by atoms with Gasteiger partial charge in [-0.25, -0.2) is 0 Å². The van der Waals surface area contributed by atoms with Gasteiger partial charge < -0.3 is 10.2 Å². The van der Waals surface area contributed by atoms with Gasteiger partial charge in [0, 0.05) is 12.7 Å². The van der Waals surface area contributed by atoms with E-state index in [0.29, 0.717) is 11.3 Å². The number of hydrogen-bond acceptors (Lipinski definition) is 2. The first-order valence-corrected chi connectivity index (χ1v) is 10.0. The second-order valence-electron chi connectivity index (χ2n) is 8.55. The third-order valence-electron chi connectivity index (χ3n) is 6.61. The van der Waals surface area contributed by atoms with Crippen molar-refractivity contribution in [1.82, 2.24) is 10.2 Å². The summed E-state index contributed by atoms with van der Waals surface area (Å²) in [5.74, 6) is -0.260. The maximum atomic E-state index is 13.1. The van der Waals surface area contributed by atoms with E-state index in [2.05, 4.69) is 18.0 Å². The summed E-state index contributed by atoms with van der Waals surface area (Å²) >= 11 is 0. The van der Waals surface area contributed by atoms with Crippen LogP contribution in [0.25, 0.3) is 0 Å². The van der Waals surface area contributed by atoms with Gasteiger partial charge in [0.15, 0.2) is 5.96 Å². The van der Waals surface area contributed by atoms with Gasteiger partial charge in [0.05, 0.1) is 28.5 Å². The molecule has 2 N–H and O–H groups in total. The van der Waals surface area contributed by atoms with Crippen molar-refractivity contribution in [1.29, 1.82) is 10.7 Å². The van der Waals surface area contributed by atoms with Gasteiger partial charge in [-0.15, -0.1) is 0 Å². The van der Waals surface area contributed by atoms with E-state index in [1.54, 1.807) is 11.9 Å². The molecule has 0 aromatic heterocycles. The molecule has 7 heteroatoms. The predicted molar refractivity (Wildman–Crippen MR) is 112 cm³/mol. The highest BCUT2D eigenvalue weighted by atomic mass is 19.4. The minimum Gasteiger partial charge on any atom is -0.346 e. The van der Waals surface area contributed by atoms with E-state index in [4.69, 9.17) is 5.41 Å².